The number of halogens is 5. The lowest BCUT2D eigenvalue weighted by atomic mass is 11.8. The Morgan fingerprint density at radius 1 is 0.846 bits per heavy atom. The molecule has 12 heteroatoms. The van der Waals surface area contributed by atoms with Crippen LogP contribution in [-0.4, -0.2) is 7.11 Å². The Balaban J connectivity index is 2.84. The minimum absolute atomic E-state index is 0.735. The van der Waals surface area contributed by atoms with Crippen LogP contribution in [0.25, 0.3) is 0 Å². The van der Waals surface area contributed by atoms with Crippen LogP contribution in [0.1, 0.15) is 0 Å². The second-order valence-electron chi connectivity index (χ2n) is 2.04. The van der Waals surface area contributed by atoms with Gasteiger partial charge in [-0.05, 0) is 0 Å². The first-order valence-electron chi connectivity index (χ1n) is 2.78. The second kappa shape index (κ2) is 3.42. The molecule has 0 saturated carbocycles. The van der Waals surface area contributed by atoms with Crippen molar-refractivity contribution in [2.75, 3.05) is 7.11 Å². The lowest BCUT2D eigenvalue weighted by Crippen LogP contribution is -2.35. The molecule has 1 heterocycles. The molecule has 1 rings (SSSR count). The van der Waals surface area contributed by atoms with E-state index in [2.05, 4.69) is 4.52 Å². The van der Waals surface area contributed by atoms with Gasteiger partial charge in [0, 0.05) is 21.0 Å². The normalized spacial score (nSPS) is 30.0. The van der Waals surface area contributed by atoms with Gasteiger partial charge in [-0.15, -0.1) is 0 Å². The summed E-state index contributed by atoms with van der Waals surface area (Å²) in [5.41, 5.74) is 0. The highest BCUT2D eigenvalue weighted by atomic mass is 31.4. The van der Waals surface area contributed by atoms with Gasteiger partial charge in [-0.2, -0.15) is 4.52 Å². The standard InChI is InChI=1S/CH6F5N3OP3/c1-10-13(6)8-11(2,3)7-12(4,5)9-13/h7-9H,1H3/q+3. The maximum atomic E-state index is 13.0. The number of rotatable bonds is 1. The highest BCUT2D eigenvalue weighted by Gasteiger charge is 2.81. The maximum absolute atomic E-state index is 13.0. The van der Waals surface area contributed by atoms with Crippen molar-refractivity contribution in [3.8, 4) is 0 Å². The molecule has 0 aromatic rings. The zero-order valence-electron chi connectivity index (χ0n) is 6.14. The van der Waals surface area contributed by atoms with Crippen molar-refractivity contribution in [1.82, 2.24) is 14.6 Å². The Bertz CT molecular complexity index is 197. The van der Waals surface area contributed by atoms with Gasteiger partial charge < -0.3 is 0 Å². The van der Waals surface area contributed by atoms with Gasteiger partial charge in [0.2, 0.25) is 0 Å². The van der Waals surface area contributed by atoms with Gasteiger partial charge in [0.1, 0.15) is 0 Å². The molecule has 4 nitrogen and oxygen atoms in total. The molecular formula is CH6F5N3OP3+3. The molecule has 1 saturated heterocycles. The van der Waals surface area contributed by atoms with E-state index in [1.54, 1.807) is 0 Å². The molecule has 1 aliphatic rings. The highest BCUT2D eigenvalue weighted by molar-refractivity contribution is 7.92. The largest absolute Gasteiger partial charge is 0.611 e. The first-order valence-corrected chi connectivity index (χ1v) is 7.52. The topological polar surface area (TPSA) is 45.3 Å². The molecule has 0 spiro atoms. The quantitative estimate of drug-likeness (QED) is 0.502. The molecule has 0 amide bonds. The van der Waals surface area contributed by atoms with Gasteiger partial charge in [-0.3, -0.25) is 0 Å². The van der Waals surface area contributed by atoms with Crippen molar-refractivity contribution in [3.05, 3.63) is 0 Å². The molecule has 0 unspecified atom stereocenters. The van der Waals surface area contributed by atoms with Crippen molar-refractivity contribution in [3.63, 3.8) is 0 Å². The monoisotopic (exact) mass is 264 g/mol. The van der Waals surface area contributed by atoms with Crippen molar-refractivity contribution < 1.29 is 25.5 Å². The van der Waals surface area contributed by atoms with E-state index in [0.717, 1.165) is 21.7 Å². The summed E-state index contributed by atoms with van der Waals surface area (Å²) in [5, 5.41) is 0. The lowest BCUT2D eigenvalue weighted by molar-refractivity contribution is 0.393. The van der Waals surface area contributed by atoms with Crippen LogP contribution in [0.3, 0.4) is 0 Å². The first kappa shape index (κ1) is 11.9. The fraction of sp³-hybridized carbons (Fsp3) is 1.00. The summed E-state index contributed by atoms with van der Waals surface area (Å²) in [4.78, 5) is 2.96. The Morgan fingerprint density at radius 2 is 1.23 bits per heavy atom. The molecule has 0 aliphatic carbocycles. The van der Waals surface area contributed by atoms with Crippen molar-refractivity contribution in [2.45, 2.75) is 0 Å². The van der Waals surface area contributed by atoms with Gasteiger partial charge in [0.25, 0.3) is 0 Å². The van der Waals surface area contributed by atoms with E-state index in [1.165, 1.54) is 0 Å². The molecule has 13 heavy (non-hydrogen) atoms. The molecule has 3 N–H and O–H groups in total. The second-order valence-corrected chi connectivity index (χ2v) is 7.93. The van der Waals surface area contributed by atoms with Crippen molar-refractivity contribution in [1.29, 1.82) is 0 Å². The first-order chi connectivity index (χ1) is 5.68. The minimum atomic E-state index is -5.31. The summed E-state index contributed by atoms with van der Waals surface area (Å²) in [6.07, 6.45) is 0. The smallest absolute Gasteiger partial charge is 0.167 e. The van der Waals surface area contributed by atoms with Crippen LogP contribution in [0.15, 0.2) is 0 Å². The average Bonchev–Trinajstić information content (AvgIpc) is 1.79. The summed E-state index contributed by atoms with van der Waals surface area (Å²) in [6, 6.07) is 0. The number of hydrogen-bond acceptors (Lipinski definition) is 4. The fourth-order valence-electron chi connectivity index (χ4n) is 0.630. The van der Waals surface area contributed by atoms with Crippen molar-refractivity contribution in [2.24, 2.45) is 0 Å². The zero-order chi connectivity index (χ0) is 10.3. The van der Waals surface area contributed by atoms with E-state index < -0.39 is 24.5 Å². The van der Waals surface area contributed by atoms with E-state index in [0.29, 0.717) is 0 Å². The lowest BCUT2D eigenvalue weighted by Gasteiger charge is -2.16. The predicted molar refractivity (Wildman–Crippen MR) is 42.7 cm³/mol. The van der Waals surface area contributed by atoms with Crippen LogP contribution in [-0.2, 0) is 4.52 Å². The van der Waals surface area contributed by atoms with Gasteiger partial charge in [0.15, 0.2) is 0 Å². The van der Waals surface area contributed by atoms with Gasteiger partial charge in [0.05, 0.1) is 21.7 Å². The van der Waals surface area contributed by atoms with Crippen LogP contribution in [0.4, 0.5) is 21.0 Å². The summed E-state index contributed by atoms with van der Waals surface area (Å²) >= 11 is 0. The third-order valence-corrected chi connectivity index (χ3v) is 7.59. The molecule has 0 bridgehead atoms. The van der Waals surface area contributed by atoms with Gasteiger partial charge >= 0.3 is 24.5 Å². The van der Waals surface area contributed by atoms with Crippen LogP contribution >= 0.6 is 24.5 Å². The zero-order valence-corrected chi connectivity index (χ0v) is 8.82. The predicted octanol–water partition coefficient (Wildman–Crippen LogP) is 3.30. The Morgan fingerprint density at radius 3 is 1.54 bits per heavy atom. The van der Waals surface area contributed by atoms with Crippen molar-refractivity contribution >= 4 is 24.5 Å². The number of hydrogen-bond donors (Lipinski definition) is 3. The fourth-order valence-corrected chi connectivity index (χ4v) is 6.87. The third kappa shape index (κ3) is 3.13. The van der Waals surface area contributed by atoms with Gasteiger partial charge in [-0.25, -0.2) is 0 Å². The van der Waals surface area contributed by atoms with E-state index in [4.69, 9.17) is 0 Å². The SMILES string of the molecule is CO[P+]1(F)N[P+](F)(F)N[P+](F)(F)N1. The van der Waals surface area contributed by atoms with Crippen LogP contribution < -0.4 is 14.6 Å². The average molecular weight is 264 g/mol. The minimum Gasteiger partial charge on any atom is -0.167 e. The molecular weight excluding hydrogens is 258 g/mol. The van der Waals surface area contributed by atoms with Crippen LogP contribution in [0.2, 0.25) is 0 Å². The molecule has 1 fully saturated rings. The van der Waals surface area contributed by atoms with Crippen LogP contribution in [0.5, 0.6) is 0 Å². The molecule has 0 atom stereocenters. The van der Waals surface area contributed by atoms with E-state index in [9.17, 15) is 21.0 Å². The Kier molecular flexibility index (Phi) is 3.12. The summed E-state index contributed by atoms with van der Waals surface area (Å²) in [5.74, 6) is 0. The Hall–Kier alpha value is 0.780. The molecule has 0 aromatic heterocycles. The third-order valence-electron chi connectivity index (χ3n) is 1.01. The number of nitrogens with one attached hydrogen (secondary N) is 3. The van der Waals surface area contributed by atoms with Gasteiger partial charge in [-0.1, -0.05) is 0 Å². The Labute approximate surface area is 72.6 Å². The molecule has 78 valence electrons. The summed E-state index contributed by atoms with van der Waals surface area (Å²) in [7, 11) is -14.4. The van der Waals surface area contributed by atoms with Crippen LogP contribution in [0, 0.1) is 0 Å². The molecule has 0 aromatic carbocycles. The highest BCUT2D eigenvalue weighted by Crippen LogP contribution is 2.83. The molecule has 1 aliphatic heterocycles. The molecule has 0 radical (unpaired) electrons. The van der Waals surface area contributed by atoms with E-state index in [1.807, 2.05) is 0 Å². The maximum Gasteiger partial charge on any atom is 0.611 e. The summed E-state index contributed by atoms with van der Waals surface area (Å²) in [6.45, 7) is 0. The van der Waals surface area contributed by atoms with E-state index >= 15 is 0 Å². The summed E-state index contributed by atoms with van der Waals surface area (Å²) < 4.78 is 66.9. The van der Waals surface area contributed by atoms with E-state index in [-0.39, 0.29) is 0 Å².